The van der Waals surface area contributed by atoms with E-state index in [2.05, 4.69) is 0 Å². The Morgan fingerprint density at radius 3 is 2.15 bits per heavy atom. The third-order valence-corrected chi connectivity index (χ3v) is 3.73. The third kappa shape index (κ3) is 5.34. The monoisotopic (exact) mass is 365 g/mol. The lowest BCUT2D eigenvalue weighted by Gasteiger charge is -2.20. The number of nitrogens with zero attached hydrogens (tertiary/aromatic N) is 1. The average Bonchev–Trinajstić information content (AvgIpc) is 2.64. The first-order valence-electron chi connectivity index (χ1n) is 7.97. The Morgan fingerprint density at radius 2 is 1.62 bits per heavy atom. The highest BCUT2D eigenvalue weighted by atomic mass is 19.4. The van der Waals surface area contributed by atoms with Gasteiger partial charge in [-0.25, -0.2) is 4.79 Å². The summed E-state index contributed by atoms with van der Waals surface area (Å²) in [6, 6.07) is 13.0. The van der Waals surface area contributed by atoms with Gasteiger partial charge in [0.1, 0.15) is 0 Å². The number of halogens is 3. The maximum atomic E-state index is 12.5. The highest BCUT2D eigenvalue weighted by Gasteiger charge is 2.30. The lowest BCUT2D eigenvalue weighted by atomic mass is 10.1. The number of alkyl halides is 3. The van der Waals surface area contributed by atoms with Crippen LogP contribution in [0.15, 0.2) is 54.6 Å². The van der Waals surface area contributed by atoms with E-state index >= 15 is 0 Å². The predicted molar refractivity (Wildman–Crippen MR) is 89.3 cm³/mol. The zero-order valence-electron chi connectivity index (χ0n) is 14.1. The standard InChI is InChI=1S/C19H18F3NO3/c1-2-23(12-14-6-4-3-5-7-14)17(24)13-26-18(25)15-8-10-16(11-9-15)19(20,21)22/h3-11H,2,12-13H2,1H3. The van der Waals surface area contributed by atoms with Gasteiger partial charge >= 0.3 is 12.1 Å². The van der Waals surface area contributed by atoms with Crippen LogP contribution >= 0.6 is 0 Å². The first-order valence-corrected chi connectivity index (χ1v) is 7.97. The Balaban J connectivity index is 1.92. The van der Waals surface area contributed by atoms with Crippen LogP contribution in [0, 0.1) is 0 Å². The molecule has 0 atom stereocenters. The molecule has 0 aliphatic carbocycles. The van der Waals surface area contributed by atoms with Gasteiger partial charge in [-0.15, -0.1) is 0 Å². The van der Waals surface area contributed by atoms with Gasteiger partial charge in [0.15, 0.2) is 6.61 Å². The minimum atomic E-state index is -4.47. The van der Waals surface area contributed by atoms with Gasteiger partial charge in [0.2, 0.25) is 0 Å². The number of amides is 1. The summed E-state index contributed by atoms with van der Waals surface area (Å²) in [6.07, 6.45) is -4.47. The molecule has 0 fully saturated rings. The van der Waals surface area contributed by atoms with E-state index in [1.807, 2.05) is 30.3 Å². The van der Waals surface area contributed by atoms with E-state index in [4.69, 9.17) is 4.74 Å². The van der Waals surface area contributed by atoms with Gasteiger partial charge in [0.25, 0.3) is 5.91 Å². The zero-order valence-corrected chi connectivity index (χ0v) is 14.1. The highest BCUT2D eigenvalue weighted by Crippen LogP contribution is 2.29. The molecule has 138 valence electrons. The minimum Gasteiger partial charge on any atom is -0.452 e. The van der Waals surface area contributed by atoms with Crippen molar-refractivity contribution < 1.29 is 27.5 Å². The summed E-state index contributed by atoms with van der Waals surface area (Å²) in [7, 11) is 0. The van der Waals surface area contributed by atoms with Crippen molar-refractivity contribution in [2.45, 2.75) is 19.6 Å². The maximum absolute atomic E-state index is 12.5. The number of ether oxygens (including phenoxy) is 1. The number of hydrogen-bond donors (Lipinski definition) is 0. The molecule has 1 amide bonds. The molecule has 2 rings (SSSR count). The van der Waals surface area contributed by atoms with Crippen LogP contribution in [0.3, 0.4) is 0 Å². The molecular weight excluding hydrogens is 347 g/mol. The molecule has 0 unspecified atom stereocenters. The summed E-state index contributed by atoms with van der Waals surface area (Å²) in [5.74, 6) is -1.22. The molecule has 0 aromatic heterocycles. The molecule has 0 heterocycles. The topological polar surface area (TPSA) is 46.6 Å². The molecule has 2 aromatic carbocycles. The second kappa shape index (κ2) is 8.51. The summed E-state index contributed by atoms with van der Waals surface area (Å²) in [6.45, 7) is 2.15. The van der Waals surface area contributed by atoms with Crippen LogP contribution in [-0.4, -0.2) is 29.9 Å². The molecule has 7 heteroatoms. The minimum absolute atomic E-state index is 0.0445. The molecule has 26 heavy (non-hydrogen) atoms. The van der Waals surface area contributed by atoms with Crippen LogP contribution in [0.5, 0.6) is 0 Å². The normalized spacial score (nSPS) is 11.1. The lowest BCUT2D eigenvalue weighted by molar-refractivity contribution is -0.137. The fourth-order valence-electron chi connectivity index (χ4n) is 2.28. The van der Waals surface area contributed by atoms with Crippen LogP contribution in [0.1, 0.15) is 28.4 Å². The quantitative estimate of drug-likeness (QED) is 0.729. The van der Waals surface area contributed by atoms with Gasteiger partial charge in [0.05, 0.1) is 11.1 Å². The van der Waals surface area contributed by atoms with E-state index in [0.717, 1.165) is 29.8 Å². The zero-order chi connectivity index (χ0) is 19.2. The van der Waals surface area contributed by atoms with Gasteiger partial charge in [-0.2, -0.15) is 13.2 Å². The van der Waals surface area contributed by atoms with Crippen LogP contribution < -0.4 is 0 Å². The molecule has 0 saturated carbocycles. The van der Waals surface area contributed by atoms with Crippen LogP contribution in [0.25, 0.3) is 0 Å². The first-order chi connectivity index (χ1) is 12.3. The van der Waals surface area contributed by atoms with E-state index in [-0.39, 0.29) is 11.5 Å². The van der Waals surface area contributed by atoms with Crippen LogP contribution in [0.2, 0.25) is 0 Å². The Hall–Kier alpha value is -2.83. The molecule has 0 radical (unpaired) electrons. The van der Waals surface area contributed by atoms with Crippen LogP contribution in [0.4, 0.5) is 13.2 Å². The van der Waals surface area contributed by atoms with Crippen molar-refractivity contribution >= 4 is 11.9 Å². The second-order valence-corrected chi connectivity index (χ2v) is 5.54. The van der Waals surface area contributed by atoms with Crippen molar-refractivity contribution in [3.05, 3.63) is 71.3 Å². The number of rotatable bonds is 6. The Morgan fingerprint density at radius 1 is 1.00 bits per heavy atom. The number of carbonyl (C=O) groups excluding carboxylic acids is 2. The smallest absolute Gasteiger partial charge is 0.416 e. The summed E-state index contributed by atoms with van der Waals surface area (Å²) in [5, 5.41) is 0. The van der Waals surface area contributed by atoms with Gasteiger partial charge in [-0.3, -0.25) is 4.79 Å². The Bertz CT molecular complexity index is 743. The molecular formula is C19H18F3NO3. The Labute approximate surface area is 149 Å². The van der Waals surface area contributed by atoms with Crippen molar-refractivity contribution in [3.63, 3.8) is 0 Å². The van der Waals surface area contributed by atoms with E-state index in [1.54, 1.807) is 6.92 Å². The summed E-state index contributed by atoms with van der Waals surface area (Å²) >= 11 is 0. The number of carbonyl (C=O) groups is 2. The summed E-state index contributed by atoms with van der Waals surface area (Å²) < 4.78 is 42.5. The van der Waals surface area contributed by atoms with Crippen molar-refractivity contribution in [2.75, 3.05) is 13.2 Å². The summed E-state index contributed by atoms with van der Waals surface area (Å²) in [4.78, 5) is 25.6. The molecule has 2 aromatic rings. The lowest BCUT2D eigenvalue weighted by Crippen LogP contribution is -2.34. The van der Waals surface area contributed by atoms with Crippen molar-refractivity contribution in [3.8, 4) is 0 Å². The fraction of sp³-hybridized carbons (Fsp3) is 0.263. The summed E-state index contributed by atoms with van der Waals surface area (Å²) in [5.41, 5.74) is 0.0406. The molecule has 0 aliphatic heterocycles. The van der Waals surface area contributed by atoms with E-state index in [9.17, 15) is 22.8 Å². The molecule has 0 saturated heterocycles. The van der Waals surface area contributed by atoms with E-state index in [0.29, 0.717) is 13.1 Å². The van der Waals surface area contributed by atoms with Gasteiger partial charge in [-0.1, -0.05) is 30.3 Å². The predicted octanol–water partition coefficient (Wildman–Crippen LogP) is 3.91. The largest absolute Gasteiger partial charge is 0.452 e. The molecule has 0 bridgehead atoms. The van der Waals surface area contributed by atoms with Crippen molar-refractivity contribution in [2.24, 2.45) is 0 Å². The highest BCUT2D eigenvalue weighted by molar-refractivity contribution is 5.91. The van der Waals surface area contributed by atoms with Crippen molar-refractivity contribution in [1.82, 2.24) is 4.90 Å². The second-order valence-electron chi connectivity index (χ2n) is 5.54. The Kier molecular flexibility index (Phi) is 6.38. The molecule has 0 N–H and O–H groups in total. The molecule has 4 nitrogen and oxygen atoms in total. The molecule has 0 spiro atoms. The number of benzene rings is 2. The van der Waals surface area contributed by atoms with Gasteiger partial charge in [-0.05, 0) is 36.8 Å². The number of esters is 1. The van der Waals surface area contributed by atoms with Crippen LogP contribution in [-0.2, 0) is 22.3 Å². The van der Waals surface area contributed by atoms with E-state index < -0.39 is 24.3 Å². The maximum Gasteiger partial charge on any atom is 0.416 e. The van der Waals surface area contributed by atoms with Gasteiger partial charge in [0, 0.05) is 13.1 Å². The van der Waals surface area contributed by atoms with E-state index in [1.165, 1.54) is 4.90 Å². The SMILES string of the molecule is CCN(Cc1ccccc1)C(=O)COC(=O)c1ccc(C(F)(F)F)cc1. The third-order valence-electron chi connectivity index (χ3n) is 3.73. The average molecular weight is 365 g/mol. The van der Waals surface area contributed by atoms with Crippen molar-refractivity contribution in [1.29, 1.82) is 0 Å². The number of likely N-dealkylation sites (N-methyl/N-ethyl adjacent to an activating group) is 1. The molecule has 0 aliphatic rings. The fourth-order valence-corrected chi connectivity index (χ4v) is 2.28. The van der Waals surface area contributed by atoms with Gasteiger partial charge < -0.3 is 9.64 Å². The number of hydrogen-bond acceptors (Lipinski definition) is 3. The first kappa shape index (κ1) is 19.5.